The Balaban J connectivity index is 1.82. The molecular formula is C12H14N2OS. The van der Waals surface area contributed by atoms with Crippen LogP contribution in [0.25, 0.3) is 10.2 Å². The van der Waals surface area contributed by atoms with Crippen LogP contribution in [0.2, 0.25) is 0 Å². The zero-order valence-electron chi connectivity index (χ0n) is 8.94. The van der Waals surface area contributed by atoms with Crippen molar-refractivity contribution in [3.8, 4) is 5.75 Å². The molecule has 3 N–H and O–H groups in total. The lowest BCUT2D eigenvalue weighted by molar-refractivity contribution is 0.476. The fourth-order valence-corrected chi connectivity index (χ4v) is 2.83. The minimum atomic E-state index is 0.0972. The van der Waals surface area contributed by atoms with E-state index < -0.39 is 0 Å². The van der Waals surface area contributed by atoms with Crippen LogP contribution >= 0.6 is 11.3 Å². The van der Waals surface area contributed by atoms with E-state index in [9.17, 15) is 5.11 Å². The number of hydrogen-bond acceptors (Lipinski definition) is 4. The first-order valence-electron chi connectivity index (χ1n) is 5.52. The number of phenols is 1. The van der Waals surface area contributed by atoms with Crippen LogP contribution in [-0.2, 0) is 6.42 Å². The molecule has 1 aliphatic rings. The topological polar surface area (TPSA) is 59.1 Å². The number of fused-ring (bicyclic) bond motifs is 1. The second-order valence-corrected chi connectivity index (χ2v) is 5.74. The van der Waals surface area contributed by atoms with E-state index in [0.717, 1.165) is 40.9 Å². The lowest BCUT2D eigenvalue weighted by Crippen LogP contribution is -2.21. The van der Waals surface area contributed by atoms with Gasteiger partial charge in [-0.25, -0.2) is 4.98 Å². The molecule has 3 nitrogen and oxygen atoms in total. The number of nitrogens with zero attached hydrogens (tertiary/aromatic N) is 1. The minimum Gasteiger partial charge on any atom is -0.508 e. The fourth-order valence-electron chi connectivity index (χ4n) is 1.83. The Hall–Kier alpha value is -1.13. The maximum Gasteiger partial charge on any atom is 0.117 e. The molecule has 4 heteroatoms. The van der Waals surface area contributed by atoms with Gasteiger partial charge in [-0.1, -0.05) is 0 Å². The predicted molar refractivity (Wildman–Crippen MR) is 65.8 cm³/mol. The van der Waals surface area contributed by atoms with Crippen molar-refractivity contribution in [3.05, 3.63) is 23.2 Å². The van der Waals surface area contributed by atoms with Crippen LogP contribution in [0.3, 0.4) is 0 Å². The predicted octanol–water partition coefficient (Wildman–Crippen LogP) is 2.43. The highest BCUT2D eigenvalue weighted by Gasteiger charge is 2.37. The number of phenolic OH excluding ortho intramolecular Hbond substituents is 1. The first kappa shape index (κ1) is 10.1. The summed E-state index contributed by atoms with van der Waals surface area (Å²) in [7, 11) is 0. The van der Waals surface area contributed by atoms with E-state index in [1.165, 1.54) is 0 Å². The van der Waals surface area contributed by atoms with Crippen LogP contribution in [-0.4, -0.2) is 15.6 Å². The second-order valence-electron chi connectivity index (χ2n) is 4.62. The van der Waals surface area contributed by atoms with Crippen molar-refractivity contribution in [1.29, 1.82) is 0 Å². The van der Waals surface area contributed by atoms with Crippen molar-refractivity contribution in [2.45, 2.75) is 31.2 Å². The number of hydrogen-bond donors (Lipinski definition) is 2. The van der Waals surface area contributed by atoms with Crippen LogP contribution in [0.4, 0.5) is 0 Å². The molecule has 1 fully saturated rings. The molecular weight excluding hydrogens is 220 g/mol. The Morgan fingerprint density at radius 3 is 3.00 bits per heavy atom. The van der Waals surface area contributed by atoms with Crippen molar-refractivity contribution in [2.75, 3.05) is 0 Å². The average Bonchev–Trinajstić information content (AvgIpc) is 2.85. The summed E-state index contributed by atoms with van der Waals surface area (Å²) in [5, 5.41) is 10.5. The summed E-state index contributed by atoms with van der Waals surface area (Å²) >= 11 is 1.65. The summed E-state index contributed by atoms with van der Waals surface area (Å²) in [6.07, 6.45) is 4.28. The highest BCUT2D eigenvalue weighted by Crippen LogP contribution is 2.37. The molecule has 1 saturated carbocycles. The molecule has 0 unspecified atom stereocenters. The number of benzene rings is 1. The largest absolute Gasteiger partial charge is 0.508 e. The maximum absolute atomic E-state index is 9.37. The van der Waals surface area contributed by atoms with Gasteiger partial charge in [-0.05, 0) is 37.5 Å². The summed E-state index contributed by atoms with van der Waals surface area (Å²) in [6, 6.07) is 5.31. The summed E-state index contributed by atoms with van der Waals surface area (Å²) in [4.78, 5) is 4.54. The summed E-state index contributed by atoms with van der Waals surface area (Å²) in [6.45, 7) is 0. The molecule has 84 valence electrons. The van der Waals surface area contributed by atoms with E-state index in [1.54, 1.807) is 23.5 Å². The van der Waals surface area contributed by atoms with E-state index in [2.05, 4.69) is 4.98 Å². The van der Waals surface area contributed by atoms with Crippen LogP contribution < -0.4 is 5.73 Å². The SMILES string of the molecule is NC1(CCc2nc3ccc(O)cc3s2)CC1. The highest BCUT2D eigenvalue weighted by atomic mass is 32.1. The third-order valence-electron chi connectivity index (χ3n) is 3.15. The quantitative estimate of drug-likeness (QED) is 0.857. The molecule has 0 saturated heterocycles. The van der Waals surface area contributed by atoms with E-state index >= 15 is 0 Å². The standard InChI is InChI=1S/C12H14N2OS/c13-12(5-6-12)4-3-11-14-9-2-1-8(15)7-10(9)16-11/h1-2,7,15H,3-6,13H2. The van der Waals surface area contributed by atoms with Gasteiger partial charge in [-0.2, -0.15) is 0 Å². The average molecular weight is 234 g/mol. The first-order valence-corrected chi connectivity index (χ1v) is 6.34. The molecule has 0 bridgehead atoms. The van der Waals surface area contributed by atoms with Gasteiger partial charge in [-0.15, -0.1) is 11.3 Å². The number of aromatic hydroxyl groups is 1. The van der Waals surface area contributed by atoms with Gasteiger partial charge in [-0.3, -0.25) is 0 Å². The van der Waals surface area contributed by atoms with Gasteiger partial charge in [0.1, 0.15) is 5.75 Å². The second kappa shape index (κ2) is 3.43. The molecule has 1 aliphatic carbocycles. The first-order chi connectivity index (χ1) is 7.65. The molecule has 3 rings (SSSR count). The molecule has 1 heterocycles. The zero-order valence-corrected chi connectivity index (χ0v) is 9.76. The fraction of sp³-hybridized carbons (Fsp3) is 0.417. The van der Waals surface area contributed by atoms with Gasteiger partial charge in [0.2, 0.25) is 0 Å². The lowest BCUT2D eigenvalue weighted by atomic mass is 10.1. The minimum absolute atomic E-state index is 0.0972. The van der Waals surface area contributed by atoms with Crippen molar-refractivity contribution in [3.63, 3.8) is 0 Å². The molecule has 0 aliphatic heterocycles. The van der Waals surface area contributed by atoms with Crippen LogP contribution in [0.5, 0.6) is 5.75 Å². The Morgan fingerprint density at radius 1 is 1.44 bits per heavy atom. The number of thiazole rings is 1. The van der Waals surface area contributed by atoms with Crippen molar-refractivity contribution in [1.82, 2.24) is 4.98 Å². The van der Waals surface area contributed by atoms with Crippen molar-refractivity contribution in [2.24, 2.45) is 5.73 Å². The molecule has 0 radical (unpaired) electrons. The van der Waals surface area contributed by atoms with Gasteiger partial charge in [0.25, 0.3) is 0 Å². The van der Waals surface area contributed by atoms with Gasteiger partial charge in [0.05, 0.1) is 15.2 Å². The molecule has 0 amide bonds. The van der Waals surface area contributed by atoms with E-state index in [1.807, 2.05) is 6.07 Å². The third kappa shape index (κ3) is 1.90. The number of aryl methyl sites for hydroxylation is 1. The summed E-state index contributed by atoms with van der Waals surface area (Å²) < 4.78 is 1.05. The number of nitrogens with two attached hydrogens (primary N) is 1. The Kier molecular flexibility index (Phi) is 2.16. The zero-order chi connectivity index (χ0) is 11.2. The molecule has 1 aromatic heterocycles. The highest BCUT2D eigenvalue weighted by molar-refractivity contribution is 7.18. The van der Waals surface area contributed by atoms with Crippen molar-refractivity contribution >= 4 is 21.6 Å². The summed E-state index contributed by atoms with van der Waals surface area (Å²) in [5.74, 6) is 0.306. The maximum atomic E-state index is 9.37. The molecule has 0 spiro atoms. The monoisotopic (exact) mass is 234 g/mol. The molecule has 0 atom stereocenters. The normalized spacial score (nSPS) is 17.8. The lowest BCUT2D eigenvalue weighted by Gasteiger charge is -2.04. The molecule has 16 heavy (non-hydrogen) atoms. The van der Waals surface area contributed by atoms with Crippen molar-refractivity contribution < 1.29 is 5.11 Å². The van der Waals surface area contributed by atoms with E-state index in [4.69, 9.17) is 5.73 Å². The van der Waals surface area contributed by atoms with Gasteiger partial charge >= 0.3 is 0 Å². The van der Waals surface area contributed by atoms with E-state index in [0.29, 0.717) is 5.75 Å². The van der Waals surface area contributed by atoms with Gasteiger partial charge in [0.15, 0.2) is 0 Å². The molecule has 1 aromatic carbocycles. The van der Waals surface area contributed by atoms with Crippen LogP contribution in [0, 0.1) is 0 Å². The molecule has 2 aromatic rings. The summed E-state index contributed by atoms with van der Waals surface area (Å²) in [5.41, 5.74) is 7.12. The Labute approximate surface area is 97.9 Å². The van der Waals surface area contributed by atoms with Gasteiger partial charge in [0, 0.05) is 12.0 Å². The smallest absolute Gasteiger partial charge is 0.117 e. The Bertz CT molecular complexity index is 531. The van der Waals surface area contributed by atoms with Gasteiger partial charge < -0.3 is 10.8 Å². The Morgan fingerprint density at radius 2 is 2.25 bits per heavy atom. The van der Waals surface area contributed by atoms with E-state index in [-0.39, 0.29) is 5.54 Å². The van der Waals surface area contributed by atoms with Crippen LogP contribution in [0.15, 0.2) is 18.2 Å². The van der Waals surface area contributed by atoms with Crippen LogP contribution in [0.1, 0.15) is 24.3 Å². The number of aromatic nitrogens is 1. The third-order valence-corrected chi connectivity index (χ3v) is 4.22. The number of rotatable bonds is 3.